The van der Waals surface area contributed by atoms with Crippen LogP contribution in [0.25, 0.3) is 0 Å². The number of ketones is 2. The summed E-state index contributed by atoms with van der Waals surface area (Å²) in [7, 11) is 0. The minimum absolute atomic E-state index is 0.0951. The second-order valence-electron chi connectivity index (χ2n) is 14.8. The average Bonchev–Trinajstić information content (AvgIpc) is 2.98. The summed E-state index contributed by atoms with van der Waals surface area (Å²) in [5.41, 5.74) is 7.98. The van der Waals surface area contributed by atoms with Crippen LogP contribution in [0.15, 0.2) is 95.3 Å². The summed E-state index contributed by atoms with van der Waals surface area (Å²) >= 11 is 0. The van der Waals surface area contributed by atoms with Gasteiger partial charge in [-0.25, -0.2) is 0 Å². The van der Waals surface area contributed by atoms with Gasteiger partial charge in [-0.15, -0.1) is 0 Å². The molecule has 0 radical (unpaired) electrons. The number of amides is 1. The number of benzene rings is 3. The van der Waals surface area contributed by atoms with E-state index >= 15 is 0 Å². The van der Waals surface area contributed by atoms with Gasteiger partial charge in [0.25, 0.3) is 5.91 Å². The van der Waals surface area contributed by atoms with Gasteiger partial charge in [0, 0.05) is 53.5 Å². The summed E-state index contributed by atoms with van der Waals surface area (Å²) in [4.78, 5) is 43.5. The van der Waals surface area contributed by atoms with Crippen molar-refractivity contribution >= 4 is 23.2 Å². The van der Waals surface area contributed by atoms with E-state index in [0.29, 0.717) is 25.1 Å². The lowest BCUT2D eigenvalue weighted by molar-refractivity contribution is -0.120. The Bertz CT molecular complexity index is 1730. The van der Waals surface area contributed by atoms with Crippen LogP contribution in [-0.2, 0) is 20.9 Å². The molecule has 1 amide bonds. The van der Waals surface area contributed by atoms with Gasteiger partial charge in [0.05, 0.1) is 0 Å². The molecule has 1 N–H and O–H groups in total. The van der Waals surface area contributed by atoms with Gasteiger partial charge in [0.1, 0.15) is 5.75 Å². The number of rotatable bonds is 7. The number of hydrogen-bond donors (Lipinski definition) is 1. The SMILES string of the molecule is Cc1cccc(NC(=O)COc2cccc(C3C4=C(CC(C)(C)CC4=O)N(Cc4ccccc4)C4=C3C(=O)CC(C)(C)C4)c2)c1C. The van der Waals surface area contributed by atoms with Crippen molar-refractivity contribution in [1.82, 2.24) is 4.90 Å². The first kappa shape index (κ1) is 31.5. The van der Waals surface area contributed by atoms with Crippen molar-refractivity contribution in [2.75, 3.05) is 11.9 Å². The molecule has 1 heterocycles. The molecule has 3 aliphatic rings. The molecule has 238 valence electrons. The number of aryl methyl sites for hydroxylation is 1. The summed E-state index contributed by atoms with van der Waals surface area (Å²) in [5.74, 6) is -0.0125. The zero-order valence-electron chi connectivity index (χ0n) is 27.8. The molecule has 1 aliphatic heterocycles. The molecule has 2 aliphatic carbocycles. The van der Waals surface area contributed by atoms with E-state index in [1.165, 1.54) is 0 Å². The molecule has 6 nitrogen and oxygen atoms in total. The number of ether oxygens (including phenoxy) is 1. The largest absolute Gasteiger partial charge is 0.484 e. The lowest BCUT2D eigenvalue weighted by atomic mass is 9.63. The Kier molecular flexibility index (Phi) is 8.26. The Morgan fingerprint density at radius 2 is 1.41 bits per heavy atom. The molecule has 0 unspecified atom stereocenters. The number of nitrogens with zero attached hydrogens (tertiary/aromatic N) is 1. The molecule has 0 bridgehead atoms. The standard InChI is InChI=1S/C40H44N2O4/c1-25-12-10-17-30(26(25)2)41-35(45)24-46-29-16-11-15-28(18-29)36-37-31(19-39(3,4)21-33(37)43)42(23-27-13-8-7-9-14-27)32-20-40(5,6)22-34(44)38(32)36/h7-18,36H,19-24H2,1-6H3,(H,41,45). The van der Waals surface area contributed by atoms with Gasteiger partial charge in [-0.3, -0.25) is 14.4 Å². The van der Waals surface area contributed by atoms with Crippen LogP contribution >= 0.6 is 0 Å². The van der Waals surface area contributed by atoms with Crippen LogP contribution in [0, 0.1) is 24.7 Å². The summed E-state index contributed by atoms with van der Waals surface area (Å²) in [6.45, 7) is 13.1. The summed E-state index contributed by atoms with van der Waals surface area (Å²) in [6, 6.07) is 23.7. The zero-order valence-corrected chi connectivity index (χ0v) is 27.8. The van der Waals surface area contributed by atoms with E-state index in [-0.39, 0.29) is 34.9 Å². The lowest BCUT2D eigenvalue weighted by Crippen LogP contribution is -2.44. The number of hydrogen-bond acceptors (Lipinski definition) is 5. The first-order valence-corrected chi connectivity index (χ1v) is 16.2. The highest BCUT2D eigenvalue weighted by atomic mass is 16.5. The smallest absolute Gasteiger partial charge is 0.262 e. The van der Waals surface area contributed by atoms with Crippen LogP contribution in [0.1, 0.15) is 81.5 Å². The van der Waals surface area contributed by atoms with Gasteiger partial charge in [-0.2, -0.15) is 0 Å². The van der Waals surface area contributed by atoms with E-state index in [1.54, 1.807) is 0 Å². The van der Waals surface area contributed by atoms with Crippen LogP contribution in [-0.4, -0.2) is 29.0 Å². The number of Topliss-reactive ketones (excluding diaryl/α,β-unsaturated/α-hetero) is 2. The van der Waals surface area contributed by atoms with Crippen molar-refractivity contribution in [2.24, 2.45) is 10.8 Å². The molecule has 46 heavy (non-hydrogen) atoms. The first-order chi connectivity index (χ1) is 21.8. The molecule has 6 heteroatoms. The van der Waals surface area contributed by atoms with E-state index in [1.807, 2.05) is 74.5 Å². The van der Waals surface area contributed by atoms with Crippen molar-refractivity contribution in [3.63, 3.8) is 0 Å². The number of carbonyl (C=O) groups excluding carboxylic acids is 3. The van der Waals surface area contributed by atoms with Crippen molar-refractivity contribution in [1.29, 1.82) is 0 Å². The van der Waals surface area contributed by atoms with Crippen molar-refractivity contribution < 1.29 is 19.1 Å². The highest BCUT2D eigenvalue weighted by molar-refractivity contribution is 6.06. The van der Waals surface area contributed by atoms with Gasteiger partial charge in [-0.1, -0.05) is 82.3 Å². The predicted octanol–water partition coefficient (Wildman–Crippen LogP) is 8.21. The average molecular weight is 617 g/mol. The molecular weight excluding hydrogens is 572 g/mol. The summed E-state index contributed by atoms with van der Waals surface area (Å²) < 4.78 is 6.01. The fraction of sp³-hybridized carbons (Fsp3) is 0.375. The topological polar surface area (TPSA) is 75.7 Å². The highest BCUT2D eigenvalue weighted by Crippen LogP contribution is 2.55. The third-order valence-electron chi connectivity index (χ3n) is 9.65. The quantitative estimate of drug-likeness (QED) is 0.290. The van der Waals surface area contributed by atoms with Crippen molar-refractivity contribution in [3.05, 3.63) is 118 Å². The van der Waals surface area contributed by atoms with Crippen molar-refractivity contribution in [3.8, 4) is 5.75 Å². The maximum Gasteiger partial charge on any atom is 0.262 e. The van der Waals surface area contributed by atoms with E-state index < -0.39 is 5.92 Å². The second kappa shape index (κ2) is 12.1. The molecule has 0 saturated heterocycles. The van der Waals surface area contributed by atoms with E-state index in [2.05, 4.69) is 50.0 Å². The molecular formula is C40H44N2O4. The predicted molar refractivity (Wildman–Crippen MR) is 181 cm³/mol. The fourth-order valence-corrected chi connectivity index (χ4v) is 7.34. The number of carbonyl (C=O) groups is 3. The second-order valence-corrected chi connectivity index (χ2v) is 14.8. The minimum atomic E-state index is -0.475. The van der Waals surface area contributed by atoms with Crippen LogP contribution in [0.5, 0.6) is 5.75 Å². The number of allylic oxidation sites excluding steroid dienone is 4. The summed E-state index contributed by atoms with van der Waals surface area (Å²) in [6.07, 6.45) is 2.35. The normalized spacial score (nSPS) is 19.1. The molecule has 3 aromatic carbocycles. The van der Waals surface area contributed by atoms with Gasteiger partial charge in [0.15, 0.2) is 18.2 Å². The van der Waals surface area contributed by atoms with Crippen LogP contribution in [0.3, 0.4) is 0 Å². The minimum Gasteiger partial charge on any atom is -0.484 e. The maximum atomic E-state index is 14.2. The Labute approximate surface area is 272 Å². The molecule has 0 saturated carbocycles. The van der Waals surface area contributed by atoms with Crippen LogP contribution in [0.4, 0.5) is 5.69 Å². The van der Waals surface area contributed by atoms with Crippen LogP contribution < -0.4 is 10.1 Å². The first-order valence-electron chi connectivity index (χ1n) is 16.2. The van der Waals surface area contributed by atoms with Crippen LogP contribution in [0.2, 0.25) is 0 Å². The van der Waals surface area contributed by atoms with E-state index in [0.717, 1.165) is 63.3 Å². The van der Waals surface area contributed by atoms with Gasteiger partial charge in [-0.05, 0) is 78.0 Å². The maximum absolute atomic E-state index is 14.2. The molecule has 0 aromatic heterocycles. The van der Waals surface area contributed by atoms with E-state index in [4.69, 9.17) is 4.74 Å². The molecule has 0 fully saturated rings. The van der Waals surface area contributed by atoms with E-state index in [9.17, 15) is 14.4 Å². The Balaban J connectivity index is 1.38. The third kappa shape index (κ3) is 6.31. The Morgan fingerprint density at radius 3 is 2.04 bits per heavy atom. The molecule has 0 spiro atoms. The summed E-state index contributed by atoms with van der Waals surface area (Å²) in [5, 5.41) is 2.95. The number of anilines is 1. The fourth-order valence-electron chi connectivity index (χ4n) is 7.34. The Morgan fingerprint density at radius 1 is 0.804 bits per heavy atom. The number of nitrogens with one attached hydrogen (secondary N) is 1. The lowest BCUT2D eigenvalue weighted by Gasteiger charge is -2.49. The Hall–Kier alpha value is -4.45. The monoisotopic (exact) mass is 616 g/mol. The molecule has 6 rings (SSSR count). The highest BCUT2D eigenvalue weighted by Gasteiger charge is 2.49. The molecule has 3 aromatic rings. The zero-order chi connectivity index (χ0) is 32.8. The molecule has 0 atom stereocenters. The van der Waals surface area contributed by atoms with Crippen molar-refractivity contribution in [2.45, 2.75) is 79.7 Å². The van der Waals surface area contributed by atoms with Gasteiger partial charge >= 0.3 is 0 Å². The van der Waals surface area contributed by atoms with Gasteiger partial charge < -0.3 is 15.0 Å². The third-order valence-corrected chi connectivity index (χ3v) is 9.65. The van der Waals surface area contributed by atoms with Gasteiger partial charge in [0.2, 0.25) is 0 Å².